The van der Waals surface area contributed by atoms with Crippen molar-refractivity contribution in [2.45, 2.75) is 31.8 Å². The Kier molecular flexibility index (Phi) is 6.15. The molecule has 1 aliphatic rings. The van der Waals surface area contributed by atoms with Crippen LogP contribution in [-0.2, 0) is 11.3 Å². The van der Waals surface area contributed by atoms with E-state index in [0.717, 1.165) is 16.7 Å². The van der Waals surface area contributed by atoms with Gasteiger partial charge in [0.25, 0.3) is 0 Å². The summed E-state index contributed by atoms with van der Waals surface area (Å²) in [5.74, 6) is 7.59. The highest BCUT2D eigenvalue weighted by Crippen LogP contribution is 2.24. The predicted molar refractivity (Wildman–Crippen MR) is 113 cm³/mol. The lowest BCUT2D eigenvalue weighted by molar-refractivity contribution is 0.0733. The van der Waals surface area contributed by atoms with Crippen molar-refractivity contribution in [3.63, 3.8) is 0 Å². The molecule has 3 aromatic rings. The van der Waals surface area contributed by atoms with E-state index in [2.05, 4.69) is 16.8 Å². The van der Waals surface area contributed by atoms with Gasteiger partial charge in [0.2, 0.25) is 0 Å². The van der Waals surface area contributed by atoms with Gasteiger partial charge in [-0.25, -0.2) is 4.98 Å². The molecule has 4 rings (SSSR count). The van der Waals surface area contributed by atoms with Crippen molar-refractivity contribution in [3.8, 4) is 28.7 Å². The summed E-state index contributed by atoms with van der Waals surface area (Å²) in [6.07, 6.45) is 1.97. The lowest BCUT2D eigenvalue weighted by atomic mass is 10.0. The van der Waals surface area contributed by atoms with Crippen LogP contribution in [0.2, 0.25) is 0 Å². The molecule has 6 nitrogen and oxygen atoms in total. The molecule has 2 aromatic carbocycles. The van der Waals surface area contributed by atoms with Gasteiger partial charge in [0.1, 0.15) is 29.9 Å². The summed E-state index contributed by atoms with van der Waals surface area (Å²) < 4.78 is 12.8. The fourth-order valence-corrected chi connectivity index (χ4v) is 3.33. The first-order valence-electron chi connectivity index (χ1n) is 9.91. The Labute approximate surface area is 175 Å². The number of aliphatic hydroxyl groups is 2. The average Bonchev–Trinajstić information content (AvgIpc) is 3.38. The number of rotatable bonds is 5. The molecule has 154 valence electrons. The molecule has 1 unspecified atom stereocenters. The van der Waals surface area contributed by atoms with Gasteiger partial charge in [0.05, 0.1) is 19.8 Å². The fourth-order valence-electron chi connectivity index (χ4n) is 3.33. The maximum Gasteiger partial charge on any atom is 0.150 e. The van der Waals surface area contributed by atoms with Gasteiger partial charge >= 0.3 is 0 Å². The molecule has 2 heterocycles. The molecule has 0 spiro atoms. The Morgan fingerprint density at radius 1 is 1.13 bits per heavy atom. The molecule has 3 atom stereocenters. The number of benzene rings is 2. The van der Waals surface area contributed by atoms with Crippen molar-refractivity contribution >= 4 is 0 Å². The highest BCUT2D eigenvalue weighted by atomic mass is 16.6. The van der Waals surface area contributed by atoms with Crippen molar-refractivity contribution in [2.75, 3.05) is 13.2 Å². The van der Waals surface area contributed by atoms with E-state index in [9.17, 15) is 10.2 Å². The van der Waals surface area contributed by atoms with Crippen LogP contribution in [0.1, 0.15) is 24.4 Å². The Bertz CT molecular complexity index is 1030. The molecule has 1 saturated heterocycles. The smallest absolute Gasteiger partial charge is 0.150 e. The van der Waals surface area contributed by atoms with Crippen molar-refractivity contribution in [3.05, 3.63) is 72.3 Å². The first-order chi connectivity index (χ1) is 14.6. The SMILES string of the molecule is CC(O)c1nccn1CC#Cc1ccc(-c2ccc(O[C@@H]3COC[C@H]3O)cc2)cc1. The maximum atomic E-state index is 9.79. The van der Waals surface area contributed by atoms with Gasteiger partial charge in [0, 0.05) is 18.0 Å². The first-order valence-corrected chi connectivity index (χ1v) is 9.91. The minimum atomic E-state index is -0.616. The van der Waals surface area contributed by atoms with Crippen LogP contribution < -0.4 is 4.74 Å². The van der Waals surface area contributed by atoms with E-state index in [0.29, 0.717) is 31.3 Å². The van der Waals surface area contributed by atoms with Crippen LogP contribution in [0.5, 0.6) is 5.75 Å². The number of aromatic nitrogens is 2. The second-order valence-electron chi connectivity index (χ2n) is 7.25. The topological polar surface area (TPSA) is 76.7 Å². The molecule has 0 radical (unpaired) electrons. The van der Waals surface area contributed by atoms with Crippen molar-refractivity contribution in [1.82, 2.24) is 9.55 Å². The van der Waals surface area contributed by atoms with E-state index < -0.39 is 12.2 Å². The van der Waals surface area contributed by atoms with Gasteiger partial charge in [-0.05, 0) is 42.3 Å². The summed E-state index contributed by atoms with van der Waals surface area (Å²) in [4.78, 5) is 4.14. The second kappa shape index (κ2) is 9.14. The first kappa shape index (κ1) is 20.2. The van der Waals surface area contributed by atoms with E-state index in [1.54, 1.807) is 13.1 Å². The highest BCUT2D eigenvalue weighted by Gasteiger charge is 2.27. The third-order valence-corrected chi connectivity index (χ3v) is 4.96. The normalized spacial score (nSPS) is 19.2. The van der Waals surface area contributed by atoms with Gasteiger partial charge in [-0.1, -0.05) is 36.1 Å². The van der Waals surface area contributed by atoms with Crippen molar-refractivity contribution < 1.29 is 19.7 Å². The van der Waals surface area contributed by atoms with Crippen molar-refractivity contribution in [2.24, 2.45) is 0 Å². The van der Waals surface area contributed by atoms with Gasteiger partial charge < -0.3 is 24.3 Å². The van der Waals surface area contributed by atoms with Crippen LogP contribution in [0.15, 0.2) is 60.9 Å². The number of ether oxygens (including phenoxy) is 2. The highest BCUT2D eigenvalue weighted by molar-refractivity contribution is 5.65. The zero-order chi connectivity index (χ0) is 20.9. The quantitative estimate of drug-likeness (QED) is 0.640. The molecule has 0 saturated carbocycles. The van der Waals surface area contributed by atoms with Gasteiger partial charge in [-0.15, -0.1) is 0 Å². The zero-order valence-electron chi connectivity index (χ0n) is 16.7. The van der Waals surface area contributed by atoms with E-state index in [4.69, 9.17) is 9.47 Å². The number of imidazole rings is 1. The molecule has 0 amide bonds. The molecule has 0 bridgehead atoms. The molecular formula is C24H24N2O4. The van der Waals surface area contributed by atoms with Crippen LogP contribution in [0.4, 0.5) is 0 Å². The molecule has 0 aliphatic carbocycles. The van der Waals surface area contributed by atoms with Crippen LogP contribution in [0.3, 0.4) is 0 Å². The summed E-state index contributed by atoms with van der Waals surface area (Å²) >= 11 is 0. The van der Waals surface area contributed by atoms with Gasteiger partial charge in [-0.2, -0.15) is 0 Å². The molecule has 1 aliphatic heterocycles. The van der Waals surface area contributed by atoms with E-state index in [-0.39, 0.29) is 6.10 Å². The van der Waals surface area contributed by atoms with Gasteiger partial charge in [-0.3, -0.25) is 0 Å². The largest absolute Gasteiger partial charge is 0.485 e. The minimum Gasteiger partial charge on any atom is -0.485 e. The summed E-state index contributed by atoms with van der Waals surface area (Å²) in [5, 5.41) is 19.5. The van der Waals surface area contributed by atoms with Crippen LogP contribution >= 0.6 is 0 Å². The number of hydrogen-bond donors (Lipinski definition) is 2. The molecular weight excluding hydrogens is 380 g/mol. The molecule has 1 aromatic heterocycles. The zero-order valence-corrected chi connectivity index (χ0v) is 16.7. The monoisotopic (exact) mass is 404 g/mol. The van der Waals surface area contributed by atoms with E-state index >= 15 is 0 Å². The Balaban J connectivity index is 1.38. The number of aliphatic hydroxyl groups excluding tert-OH is 2. The lowest BCUT2D eigenvalue weighted by Gasteiger charge is -2.15. The summed E-state index contributed by atoms with van der Waals surface area (Å²) in [6.45, 7) is 2.90. The van der Waals surface area contributed by atoms with Gasteiger partial charge in [0.15, 0.2) is 0 Å². The number of nitrogens with zero attached hydrogens (tertiary/aromatic N) is 2. The lowest BCUT2D eigenvalue weighted by Crippen LogP contribution is -2.29. The Hall–Kier alpha value is -3.11. The fraction of sp³-hybridized carbons (Fsp3) is 0.292. The summed E-state index contributed by atoms with van der Waals surface area (Å²) in [5.41, 5.74) is 3.08. The van der Waals surface area contributed by atoms with Crippen LogP contribution in [-0.4, -0.2) is 45.2 Å². The van der Waals surface area contributed by atoms with Crippen LogP contribution in [0, 0.1) is 11.8 Å². The average molecular weight is 404 g/mol. The third-order valence-electron chi connectivity index (χ3n) is 4.96. The number of hydrogen-bond acceptors (Lipinski definition) is 5. The Morgan fingerprint density at radius 3 is 2.47 bits per heavy atom. The minimum absolute atomic E-state index is 0.312. The summed E-state index contributed by atoms with van der Waals surface area (Å²) in [6, 6.07) is 15.8. The van der Waals surface area contributed by atoms with E-state index in [1.807, 2.05) is 59.3 Å². The predicted octanol–water partition coefficient (Wildman–Crippen LogP) is 2.79. The van der Waals surface area contributed by atoms with Crippen molar-refractivity contribution in [1.29, 1.82) is 0 Å². The molecule has 1 fully saturated rings. The van der Waals surface area contributed by atoms with E-state index in [1.165, 1.54) is 0 Å². The van der Waals surface area contributed by atoms with Crippen LogP contribution in [0.25, 0.3) is 11.1 Å². The second-order valence-corrected chi connectivity index (χ2v) is 7.25. The standard InChI is InChI=1S/C24H24N2O4/c1-17(27)24-25-12-14-26(24)13-2-3-18-4-6-19(7-5-18)20-8-10-21(11-9-20)30-23-16-29-15-22(23)28/h4-12,14,17,22-23,27-28H,13,15-16H2,1H3/t17?,22-,23-/m1/s1. The molecule has 30 heavy (non-hydrogen) atoms. The molecule has 2 N–H and O–H groups in total. The molecule has 6 heteroatoms. The Morgan fingerprint density at radius 2 is 1.83 bits per heavy atom. The maximum absolute atomic E-state index is 9.79. The third kappa shape index (κ3) is 4.71. The summed E-state index contributed by atoms with van der Waals surface area (Å²) in [7, 11) is 0.